The first-order valence-electron chi connectivity index (χ1n) is 10.3. The van der Waals surface area contributed by atoms with E-state index in [4.69, 9.17) is 4.74 Å². The van der Waals surface area contributed by atoms with Crippen molar-refractivity contribution in [2.75, 3.05) is 13.7 Å². The number of H-pyrrole nitrogens is 1. The number of fused-ring (bicyclic) bond motifs is 1. The molecule has 4 rings (SSSR count). The van der Waals surface area contributed by atoms with Crippen molar-refractivity contribution in [1.29, 1.82) is 0 Å². The zero-order valence-corrected chi connectivity index (χ0v) is 17.9. The minimum absolute atomic E-state index is 0.129. The van der Waals surface area contributed by atoms with Crippen molar-refractivity contribution in [3.63, 3.8) is 0 Å². The summed E-state index contributed by atoms with van der Waals surface area (Å²) in [6, 6.07) is 18.6. The standard InChI is InChI=1S/C26H25FN2O2/c1-16-7-12-23(27)25-24(16)22(17(2)29-25)13-14-28-26(30)20-6-4-5-19(15-20)18-8-10-21(31-3)11-9-18/h4-12,15,29H,13-14H2,1-3H3,(H,28,30). The molecule has 2 N–H and O–H groups in total. The molecule has 1 amide bonds. The molecule has 1 aromatic heterocycles. The number of carbonyl (C=O) groups is 1. The molecular formula is C26H25FN2O2. The number of benzene rings is 3. The maximum Gasteiger partial charge on any atom is 0.251 e. The highest BCUT2D eigenvalue weighted by atomic mass is 19.1. The first-order valence-corrected chi connectivity index (χ1v) is 10.3. The Morgan fingerprint density at radius 3 is 2.55 bits per heavy atom. The summed E-state index contributed by atoms with van der Waals surface area (Å²) >= 11 is 0. The van der Waals surface area contributed by atoms with Gasteiger partial charge >= 0.3 is 0 Å². The molecule has 31 heavy (non-hydrogen) atoms. The summed E-state index contributed by atoms with van der Waals surface area (Å²) < 4.78 is 19.3. The first kappa shape index (κ1) is 20.7. The van der Waals surface area contributed by atoms with E-state index < -0.39 is 0 Å². The molecule has 0 aliphatic heterocycles. The van der Waals surface area contributed by atoms with E-state index in [-0.39, 0.29) is 11.7 Å². The molecule has 0 spiro atoms. The Kier molecular flexibility index (Phi) is 5.76. The van der Waals surface area contributed by atoms with Gasteiger partial charge in [-0.05, 0) is 72.9 Å². The van der Waals surface area contributed by atoms with E-state index in [9.17, 15) is 9.18 Å². The van der Waals surface area contributed by atoms with Gasteiger partial charge in [-0.25, -0.2) is 4.39 Å². The van der Waals surface area contributed by atoms with Crippen LogP contribution in [0.3, 0.4) is 0 Å². The lowest BCUT2D eigenvalue weighted by Crippen LogP contribution is -2.25. The highest BCUT2D eigenvalue weighted by Gasteiger charge is 2.14. The third kappa shape index (κ3) is 4.17. The summed E-state index contributed by atoms with van der Waals surface area (Å²) in [6.07, 6.45) is 0.625. The van der Waals surface area contributed by atoms with Gasteiger partial charge in [0.25, 0.3) is 5.91 Å². The van der Waals surface area contributed by atoms with Crippen LogP contribution in [0.4, 0.5) is 4.39 Å². The highest BCUT2D eigenvalue weighted by molar-refractivity contribution is 5.95. The van der Waals surface area contributed by atoms with E-state index in [1.165, 1.54) is 6.07 Å². The van der Waals surface area contributed by atoms with Gasteiger partial charge in [0.1, 0.15) is 11.6 Å². The number of ether oxygens (including phenoxy) is 1. The lowest BCUT2D eigenvalue weighted by molar-refractivity contribution is 0.0954. The SMILES string of the molecule is COc1ccc(-c2cccc(C(=O)NCCc3c(C)[nH]c4c(F)ccc(C)c34)c2)cc1. The van der Waals surface area contributed by atoms with Gasteiger partial charge in [0.2, 0.25) is 0 Å². The minimum Gasteiger partial charge on any atom is -0.497 e. The van der Waals surface area contributed by atoms with Crippen LogP contribution in [0.25, 0.3) is 22.0 Å². The fourth-order valence-electron chi connectivity index (χ4n) is 3.98. The fraction of sp³-hybridized carbons (Fsp3) is 0.192. The molecule has 1 heterocycles. The van der Waals surface area contributed by atoms with Crippen LogP contribution in [-0.4, -0.2) is 24.5 Å². The van der Waals surface area contributed by atoms with E-state index in [0.717, 1.165) is 39.1 Å². The summed E-state index contributed by atoms with van der Waals surface area (Å²) in [4.78, 5) is 15.9. The Balaban J connectivity index is 1.47. The van der Waals surface area contributed by atoms with Gasteiger partial charge in [-0.3, -0.25) is 4.79 Å². The van der Waals surface area contributed by atoms with Crippen LogP contribution in [0.5, 0.6) is 5.75 Å². The predicted octanol–water partition coefficient (Wildman–Crippen LogP) is 5.57. The molecule has 0 aliphatic carbocycles. The van der Waals surface area contributed by atoms with Crippen molar-refractivity contribution in [2.45, 2.75) is 20.3 Å². The van der Waals surface area contributed by atoms with Gasteiger partial charge < -0.3 is 15.0 Å². The second-order valence-electron chi connectivity index (χ2n) is 7.66. The molecule has 0 saturated heterocycles. The van der Waals surface area contributed by atoms with Crippen LogP contribution in [-0.2, 0) is 6.42 Å². The van der Waals surface area contributed by atoms with Gasteiger partial charge in [0.15, 0.2) is 0 Å². The number of halogens is 1. The number of amides is 1. The van der Waals surface area contributed by atoms with Crippen LogP contribution < -0.4 is 10.1 Å². The van der Waals surface area contributed by atoms with Gasteiger partial charge in [-0.1, -0.05) is 30.3 Å². The second kappa shape index (κ2) is 8.64. The van der Waals surface area contributed by atoms with Crippen LogP contribution in [0.2, 0.25) is 0 Å². The molecule has 0 bridgehead atoms. The second-order valence-corrected chi connectivity index (χ2v) is 7.66. The molecule has 158 valence electrons. The average molecular weight is 416 g/mol. The summed E-state index contributed by atoms with van der Waals surface area (Å²) in [5.74, 6) is 0.408. The minimum atomic E-state index is -0.255. The maximum atomic E-state index is 14.1. The monoisotopic (exact) mass is 416 g/mol. The molecule has 4 aromatic rings. The third-order valence-corrected chi connectivity index (χ3v) is 5.64. The van der Waals surface area contributed by atoms with E-state index in [1.54, 1.807) is 19.2 Å². The van der Waals surface area contributed by atoms with Crippen molar-refractivity contribution in [2.24, 2.45) is 0 Å². The van der Waals surface area contributed by atoms with Crippen LogP contribution in [0, 0.1) is 19.7 Å². The molecule has 0 radical (unpaired) electrons. The normalized spacial score (nSPS) is 11.0. The third-order valence-electron chi connectivity index (χ3n) is 5.64. The van der Waals surface area contributed by atoms with E-state index in [1.807, 2.05) is 56.3 Å². The van der Waals surface area contributed by atoms with Crippen LogP contribution in [0.15, 0.2) is 60.7 Å². The molecular weight excluding hydrogens is 391 g/mol. The summed E-state index contributed by atoms with van der Waals surface area (Å²) in [5.41, 5.74) is 6.11. The molecule has 3 aromatic carbocycles. The fourth-order valence-corrected chi connectivity index (χ4v) is 3.98. The summed E-state index contributed by atoms with van der Waals surface area (Å²) in [7, 11) is 1.63. The first-order chi connectivity index (χ1) is 15.0. The number of nitrogens with one attached hydrogen (secondary N) is 2. The molecule has 0 saturated carbocycles. The lowest BCUT2D eigenvalue weighted by atomic mass is 10.0. The number of rotatable bonds is 6. The maximum absolute atomic E-state index is 14.1. The van der Waals surface area contributed by atoms with Crippen LogP contribution >= 0.6 is 0 Å². The number of aryl methyl sites for hydroxylation is 2. The Morgan fingerprint density at radius 2 is 1.81 bits per heavy atom. The average Bonchev–Trinajstić information content (AvgIpc) is 3.14. The zero-order chi connectivity index (χ0) is 22.0. The smallest absolute Gasteiger partial charge is 0.251 e. The van der Waals surface area contributed by atoms with Gasteiger partial charge in [0, 0.05) is 23.2 Å². The van der Waals surface area contributed by atoms with Crippen molar-refractivity contribution in [3.8, 4) is 16.9 Å². The molecule has 5 heteroatoms. The summed E-state index contributed by atoms with van der Waals surface area (Å²) in [5, 5.41) is 3.90. The van der Waals surface area contributed by atoms with Crippen molar-refractivity contribution < 1.29 is 13.9 Å². The van der Waals surface area contributed by atoms with E-state index in [0.29, 0.717) is 24.0 Å². The Bertz CT molecular complexity index is 1240. The number of methoxy groups -OCH3 is 1. The van der Waals surface area contributed by atoms with Gasteiger partial charge in [-0.15, -0.1) is 0 Å². The van der Waals surface area contributed by atoms with Crippen molar-refractivity contribution in [1.82, 2.24) is 10.3 Å². The molecule has 0 fully saturated rings. The molecule has 0 atom stereocenters. The number of aromatic nitrogens is 1. The quantitative estimate of drug-likeness (QED) is 0.432. The Hall–Kier alpha value is -3.60. The highest BCUT2D eigenvalue weighted by Crippen LogP contribution is 2.28. The van der Waals surface area contributed by atoms with Crippen molar-refractivity contribution >= 4 is 16.8 Å². The Morgan fingerprint density at radius 1 is 1.03 bits per heavy atom. The predicted molar refractivity (Wildman–Crippen MR) is 122 cm³/mol. The number of hydrogen-bond donors (Lipinski definition) is 2. The zero-order valence-electron chi connectivity index (χ0n) is 17.9. The number of hydrogen-bond acceptors (Lipinski definition) is 2. The lowest BCUT2D eigenvalue weighted by Gasteiger charge is -2.09. The van der Waals surface area contributed by atoms with Crippen molar-refractivity contribution in [3.05, 3.63) is 88.9 Å². The molecule has 4 nitrogen and oxygen atoms in total. The number of carbonyl (C=O) groups excluding carboxylic acids is 1. The van der Waals surface area contributed by atoms with Gasteiger partial charge in [-0.2, -0.15) is 0 Å². The van der Waals surface area contributed by atoms with Crippen LogP contribution in [0.1, 0.15) is 27.2 Å². The Labute approximate surface area is 181 Å². The van der Waals surface area contributed by atoms with E-state index in [2.05, 4.69) is 10.3 Å². The number of aromatic amines is 1. The van der Waals surface area contributed by atoms with E-state index >= 15 is 0 Å². The molecule has 0 unspecified atom stereocenters. The van der Waals surface area contributed by atoms with Gasteiger partial charge in [0.05, 0.1) is 12.6 Å². The molecule has 0 aliphatic rings. The largest absolute Gasteiger partial charge is 0.497 e. The topological polar surface area (TPSA) is 54.1 Å². The summed E-state index contributed by atoms with van der Waals surface area (Å²) in [6.45, 7) is 4.38.